The first-order chi connectivity index (χ1) is 18.8. The third-order valence-corrected chi connectivity index (χ3v) is 6.27. The Hall–Kier alpha value is -3.40. The average molecular weight is 555 g/mol. The molecular weight excluding hydrogens is 500 g/mol. The molecule has 0 aromatic carbocycles. The van der Waals surface area contributed by atoms with Crippen molar-refractivity contribution in [3.8, 4) is 0 Å². The summed E-state index contributed by atoms with van der Waals surface area (Å²) in [4.78, 5) is 16.4. The van der Waals surface area contributed by atoms with Crippen LogP contribution in [-0.4, -0.2) is 19.9 Å². The molecule has 0 unspecified atom stereocenters. The van der Waals surface area contributed by atoms with E-state index in [0.717, 1.165) is 11.4 Å². The Balaban J connectivity index is 0.000000274. The third kappa shape index (κ3) is 14.7. The molecule has 0 bridgehead atoms. The van der Waals surface area contributed by atoms with Crippen LogP contribution in [0.3, 0.4) is 0 Å². The van der Waals surface area contributed by atoms with Crippen molar-refractivity contribution in [3.05, 3.63) is 120 Å². The van der Waals surface area contributed by atoms with Gasteiger partial charge in [-0.3, -0.25) is 19.9 Å². The minimum atomic E-state index is 0.182. The molecule has 4 heterocycles. The molecule has 4 rings (SSSR count). The highest BCUT2D eigenvalue weighted by atomic mass is 14.7. The molecule has 0 aliphatic heterocycles. The Bertz CT molecular complexity index is 1120. The fourth-order valence-electron chi connectivity index (χ4n) is 3.48. The number of aromatic nitrogens is 4. The predicted octanol–water partition coefficient (Wildman–Crippen LogP) is 9.82. The number of aryl methyl sites for hydroxylation is 1. The van der Waals surface area contributed by atoms with Crippen molar-refractivity contribution in [2.75, 3.05) is 0 Å². The Labute approximate surface area is 251 Å². The van der Waals surface area contributed by atoms with Gasteiger partial charge in [-0.25, -0.2) is 0 Å². The van der Waals surface area contributed by atoms with Crippen molar-refractivity contribution in [3.63, 3.8) is 0 Å². The van der Waals surface area contributed by atoms with Gasteiger partial charge in [-0.2, -0.15) is 0 Å². The van der Waals surface area contributed by atoms with Crippen LogP contribution < -0.4 is 0 Å². The van der Waals surface area contributed by atoms with Crippen LogP contribution in [0.5, 0.6) is 0 Å². The van der Waals surface area contributed by atoms with E-state index in [2.05, 4.69) is 139 Å². The lowest BCUT2D eigenvalue weighted by atomic mass is 9.87. The Morgan fingerprint density at radius 3 is 1.32 bits per heavy atom. The second kappa shape index (κ2) is 15.6. The van der Waals surface area contributed by atoms with Gasteiger partial charge < -0.3 is 0 Å². The van der Waals surface area contributed by atoms with Gasteiger partial charge in [-0.15, -0.1) is 0 Å². The molecule has 4 aromatic heterocycles. The molecular formula is C37H54N4. The molecule has 0 amide bonds. The Kier molecular flexibility index (Phi) is 13.5. The summed E-state index contributed by atoms with van der Waals surface area (Å²) in [6.45, 7) is 28.3. The van der Waals surface area contributed by atoms with Crippen molar-refractivity contribution in [1.29, 1.82) is 0 Å². The summed E-state index contributed by atoms with van der Waals surface area (Å²) in [5.74, 6) is 0. The van der Waals surface area contributed by atoms with E-state index in [0.29, 0.717) is 0 Å². The largest absolute Gasteiger partial charge is 0.265 e. The van der Waals surface area contributed by atoms with E-state index in [1.807, 2.05) is 56.1 Å². The van der Waals surface area contributed by atoms with Crippen LogP contribution in [0.25, 0.3) is 0 Å². The molecule has 4 nitrogen and oxygen atoms in total. The lowest BCUT2D eigenvalue weighted by Crippen LogP contribution is -2.12. The van der Waals surface area contributed by atoms with E-state index in [9.17, 15) is 0 Å². The normalized spacial score (nSPS) is 11.5. The molecule has 0 spiro atoms. The van der Waals surface area contributed by atoms with Crippen LogP contribution in [0.1, 0.15) is 111 Å². The van der Waals surface area contributed by atoms with Crippen LogP contribution in [0.2, 0.25) is 0 Å². The lowest BCUT2D eigenvalue weighted by Gasteiger charge is -2.18. The standard InChI is InChI=1S/C10H15N.3C9H13N/c1-8-7-9(5-6-11-8)10(2,3)4;1-9(2,3)8-4-6-10-7-5-8;1-9(2,3)8-5-4-6-10-7-8;1-9(2,3)8-6-4-5-7-10-8/h5-7H,1-4H3;3*4-7H,1-3H3. The van der Waals surface area contributed by atoms with Gasteiger partial charge in [0.1, 0.15) is 0 Å². The molecule has 0 aliphatic rings. The maximum Gasteiger partial charge on any atom is 0.0457 e. The van der Waals surface area contributed by atoms with Gasteiger partial charge in [0.2, 0.25) is 0 Å². The SMILES string of the molecule is CC(C)(C)c1ccccn1.CC(C)(C)c1cccnc1.CC(C)(C)c1ccncc1.Cc1cc(C(C)(C)C)ccn1. The van der Waals surface area contributed by atoms with Gasteiger partial charge in [0, 0.05) is 54.0 Å². The summed E-state index contributed by atoms with van der Waals surface area (Å²) in [6, 6.07) is 18.4. The summed E-state index contributed by atoms with van der Waals surface area (Å²) in [7, 11) is 0. The van der Waals surface area contributed by atoms with E-state index in [1.54, 1.807) is 6.20 Å². The number of nitrogens with zero attached hydrogens (tertiary/aromatic N) is 4. The summed E-state index contributed by atoms with van der Waals surface area (Å²) < 4.78 is 0. The van der Waals surface area contributed by atoms with Crippen molar-refractivity contribution in [2.24, 2.45) is 0 Å². The molecule has 0 N–H and O–H groups in total. The molecule has 0 saturated carbocycles. The Morgan fingerprint density at radius 2 is 1.00 bits per heavy atom. The van der Waals surface area contributed by atoms with Gasteiger partial charge in [-0.1, -0.05) is 95.2 Å². The first kappa shape index (κ1) is 35.6. The summed E-state index contributed by atoms with van der Waals surface area (Å²) in [5.41, 5.74) is 7.13. The highest BCUT2D eigenvalue weighted by molar-refractivity contribution is 5.23. The lowest BCUT2D eigenvalue weighted by molar-refractivity contribution is 0.569. The summed E-state index contributed by atoms with van der Waals surface area (Å²) in [6.07, 6.45) is 11.1. The van der Waals surface area contributed by atoms with Crippen molar-refractivity contribution in [2.45, 2.75) is 112 Å². The molecule has 222 valence electrons. The zero-order valence-electron chi connectivity index (χ0n) is 27.9. The highest BCUT2D eigenvalue weighted by Crippen LogP contribution is 2.22. The fourth-order valence-corrected chi connectivity index (χ4v) is 3.48. The molecule has 0 atom stereocenters. The van der Waals surface area contributed by atoms with Crippen molar-refractivity contribution >= 4 is 0 Å². The maximum absolute atomic E-state index is 4.25. The molecule has 4 heteroatoms. The van der Waals surface area contributed by atoms with Gasteiger partial charge in [0.05, 0.1) is 0 Å². The zero-order valence-corrected chi connectivity index (χ0v) is 27.9. The molecule has 0 aliphatic carbocycles. The second-order valence-corrected chi connectivity index (χ2v) is 14.4. The van der Waals surface area contributed by atoms with Crippen molar-refractivity contribution in [1.82, 2.24) is 19.9 Å². The van der Waals surface area contributed by atoms with Gasteiger partial charge in [0.25, 0.3) is 0 Å². The summed E-state index contributed by atoms with van der Waals surface area (Å²) in [5, 5.41) is 0. The number of rotatable bonds is 0. The molecule has 41 heavy (non-hydrogen) atoms. The Morgan fingerprint density at radius 1 is 0.439 bits per heavy atom. The van der Waals surface area contributed by atoms with Crippen LogP contribution in [0.4, 0.5) is 0 Å². The van der Waals surface area contributed by atoms with E-state index in [-0.39, 0.29) is 21.7 Å². The first-order valence-corrected chi connectivity index (χ1v) is 14.5. The quantitative estimate of drug-likeness (QED) is 0.217. The van der Waals surface area contributed by atoms with Gasteiger partial charge in [-0.05, 0) is 82.3 Å². The van der Waals surface area contributed by atoms with Crippen molar-refractivity contribution < 1.29 is 0 Å². The van der Waals surface area contributed by atoms with E-state index in [4.69, 9.17) is 0 Å². The molecule has 0 fully saturated rings. The van der Waals surface area contributed by atoms with Crippen LogP contribution in [0.15, 0.2) is 91.8 Å². The molecule has 0 radical (unpaired) electrons. The van der Waals surface area contributed by atoms with Gasteiger partial charge >= 0.3 is 0 Å². The highest BCUT2D eigenvalue weighted by Gasteiger charge is 2.14. The predicted molar refractivity (Wildman–Crippen MR) is 176 cm³/mol. The van der Waals surface area contributed by atoms with Crippen LogP contribution in [0, 0.1) is 6.92 Å². The van der Waals surface area contributed by atoms with E-state index >= 15 is 0 Å². The van der Waals surface area contributed by atoms with E-state index in [1.165, 1.54) is 16.7 Å². The minimum absolute atomic E-state index is 0.182. The third-order valence-electron chi connectivity index (χ3n) is 6.27. The molecule has 4 aromatic rings. The monoisotopic (exact) mass is 554 g/mol. The number of hydrogen-bond acceptors (Lipinski definition) is 4. The fraction of sp³-hybridized carbons (Fsp3) is 0.459. The van der Waals surface area contributed by atoms with Crippen LogP contribution in [-0.2, 0) is 21.7 Å². The zero-order chi connectivity index (χ0) is 31.3. The van der Waals surface area contributed by atoms with Crippen LogP contribution >= 0.6 is 0 Å². The average Bonchev–Trinajstić information content (AvgIpc) is 2.90. The smallest absolute Gasteiger partial charge is 0.0457 e. The van der Waals surface area contributed by atoms with E-state index < -0.39 is 0 Å². The number of hydrogen-bond donors (Lipinski definition) is 0. The van der Waals surface area contributed by atoms with Gasteiger partial charge in [0.15, 0.2) is 0 Å². The maximum atomic E-state index is 4.25. The number of pyridine rings is 4. The topological polar surface area (TPSA) is 51.6 Å². The minimum Gasteiger partial charge on any atom is -0.265 e. The first-order valence-electron chi connectivity index (χ1n) is 14.5. The second-order valence-electron chi connectivity index (χ2n) is 14.4. The molecule has 0 saturated heterocycles. The summed E-state index contributed by atoms with van der Waals surface area (Å²) >= 11 is 0.